The fourth-order valence-corrected chi connectivity index (χ4v) is 3.08. The number of pyridine rings is 2. The highest BCUT2D eigenvalue weighted by atomic mass is 16.6. The van der Waals surface area contributed by atoms with Crippen molar-refractivity contribution in [2.75, 3.05) is 25.0 Å². The first-order valence-electron chi connectivity index (χ1n) is 9.46. The number of carbonyl (C=O) groups is 2. The van der Waals surface area contributed by atoms with Crippen LogP contribution in [0.1, 0.15) is 35.7 Å². The number of carbonyl (C=O) groups excluding carboxylic acids is 2. The Balaban J connectivity index is 1.51. The highest BCUT2D eigenvalue weighted by Crippen LogP contribution is 2.17. The molecule has 2 amide bonds. The van der Waals surface area contributed by atoms with Gasteiger partial charge in [0.1, 0.15) is 0 Å². The molecule has 0 bridgehead atoms. The number of piperidine rings is 1. The first-order chi connectivity index (χ1) is 13.7. The molecule has 8 heteroatoms. The Hall–Kier alpha value is -3.16. The number of ether oxygens (including phenoxy) is 1. The van der Waals surface area contributed by atoms with Gasteiger partial charge in [0.2, 0.25) is 0 Å². The van der Waals surface area contributed by atoms with Crippen LogP contribution in [0, 0.1) is 0 Å². The Bertz CT molecular complexity index is 791. The number of hydrogen-bond acceptors (Lipinski definition) is 6. The summed E-state index contributed by atoms with van der Waals surface area (Å²) in [6.07, 6.45) is 8.03. The number of nitrogens with zero attached hydrogens (tertiary/aromatic N) is 3. The van der Waals surface area contributed by atoms with Gasteiger partial charge in [-0.05, 0) is 43.5 Å². The van der Waals surface area contributed by atoms with Crippen molar-refractivity contribution in [1.29, 1.82) is 0 Å². The van der Waals surface area contributed by atoms with Crippen LogP contribution in [-0.2, 0) is 11.3 Å². The van der Waals surface area contributed by atoms with Gasteiger partial charge < -0.3 is 20.3 Å². The fourth-order valence-electron chi connectivity index (χ4n) is 3.08. The van der Waals surface area contributed by atoms with E-state index in [2.05, 4.69) is 20.6 Å². The average molecular weight is 383 g/mol. The second-order valence-corrected chi connectivity index (χ2v) is 6.61. The summed E-state index contributed by atoms with van der Waals surface area (Å²) >= 11 is 0. The lowest BCUT2D eigenvalue weighted by Gasteiger charge is -2.32. The molecule has 3 heterocycles. The Morgan fingerprint density at radius 2 is 1.93 bits per heavy atom. The maximum absolute atomic E-state index is 12.4. The van der Waals surface area contributed by atoms with E-state index in [0.29, 0.717) is 31.8 Å². The Morgan fingerprint density at radius 1 is 1.18 bits per heavy atom. The second kappa shape index (κ2) is 9.68. The molecule has 0 atom stereocenters. The Labute approximate surface area is 164 Å². The molecule has 2 N–H and O–H groups in total. The van der Waals surface area contributed by atoms with Crippen molar-refractivity contribution in [2.45, 2.75) is 32.4 Å². The van der Waals surface area contributed by atoms with E-state index in [0.717, 1.165) is 24.1 Å². The maximum Gasteiger partial charge on any atom is 0.409 e. The van der Waals surface area contributed by atoms with Crippen molar-refractivity contribution in [3.8, 4) is 0 Å². The smallest absolute Gasteiger partial charge is 0.409 e. The van der Waals surface area contributed by atoms with Gasteiger partial charge in [-0.25, -0.2) is 4.79 Å². The third kappa shape index (κ3) is 5.42. The van der Waals surface area contributed by atoms with Crippen LogP contribution in [0.3, 0.4) is 0 Å². The zero-order valence-corrected chi connectivity index (χ0v) is 15.9. The van der Waals surface area contributed by atoms with Crippen LogP contribution in [-0.4, -0.2) is 52.6 Å². The number of rotatable bonds is 6. The average Bonchev–Trinajstić information content (AvgIpc) is 2.73. The molecular weight excluding hydrogens is 358 g/mol. The van der Waals surface area contributed by atoms with Gasteiger partial charge in [-0.1, -0.05) is 0 Å². The van der Waals surface area contributed by atoms with Gasteiger partial charge in [-0.15, -0.1) is 0 Å². The van der Waals surface area contributed by atoms with Gasteiger partial charge in [0.15, 0.2) is 0 Å². The standard InChI is InChI=1S/C20H25N5O3/c1-2-28-20(27)25-9-5-17(6-10-25)24-18-11-16(13-22-14-18)19(26)23-12-15-3-7-21-8-4-15/h3-4,7-8,11,13-14,17,24H,2,5-6,9-10,12H2,1H3,(H,23,26). The molecule has 0 saturated carbocycles. The molecular formula is C20H25N5O3. The number of anilines is 1. The van der Waals surface area contributed by atoms with E-state index in [1.807, 2.05) is 12.1 Å². The predicted octanol–water partition coefficient (Wildman–Crippen LogP) is 2.44. The molecule has 1 fully saturated rings. The van der Waals surface area contributed by atoms with Crippen molar-refractivity contribution >= 4 is 17.7 Å². The summed E-state index contributed by atoms with van der Waals surface area (Å²) in [6.45, 7) is 3.93. The molecule has 0 radical (unpaired) electrons. The highest BCUT2D eigenvalue weighted by molar-refractivity contribution is 5.94. The molecule has 0 spiro atoms. The first kappa shape index (κ1) is 19.6. The van der Waals surface area contributed by atoms with Gasteiger partial charge in [-0.2, -0.15) is 0 Å². The monoisotopic (exact) mass is 383 g/mol. The minimum absolute atomic E-state index is 0.176. The molecule has 1 aliphatic rings. The molecule has 8 nitrogen and oxygen atoms in total. The van der Waals surface area contributed by atoms with Gasteiger partial charge in [0.25, 0.3) is 5.91 Å². The van der Waals surface area contributed by atoms with Crippen molar-refractivity contribution in [3.05, 3.63) is 54.1 Å². The Kier molecular flexibility index (Phi) is 6.78. The lowest BCUT2D eigenvalue weighted by molar-refractivity contribution is 0.0948. The van der Waals surface area contributed by atoms with Crippen LogP contribution in [0.4, 0.5) is 10.5 Å². The van der Waals surface area contributed by atoms with E-state index in [9.17, 15) is 9.59 Å². The summed E-state index contributed by atoms with van der Waals surface area (Å²) in [5.74, 6) is -0.176. The third-order valence-electron chi connectivity index (χ3n) is 4.59. The fraction of sp³-hybridized carbons (Fsp3) is 0.400. The highest BCUT2D eigenvalue weighted by Gasteiger charge is 2.23. The van der Waals surface area contributed by atoms with Gasteiger partial charge in [0, 0.05) is 50.5 Å². The van der Waals surface area contributed by atoms with E-state index in [1.165, 1.54) is 0 Å². The van der Waals surface area contributed by atoms with Gasteiger partial charge >= 0.3 is 6.09 Å². The summed E-state index contributed by atoms with van der Waals surface area (Å²) in [5.41, 5.74) is 2.29. The van der Waals surface area contributed by atoms with Crippen LogP contribution in [0.2, 0.25) is 0 Å². The SMILES string of the molecule is CCOC(=O)N1CCC(Nc2cncc(C(=O)NCc3ccncc3)c2)CC1. The summed E-state index contributed by atoms with van der Waals surface area (Å²) in [4.78, 5) is 34.0. The maximum atomic E-state index is 12.4. The summed E-state index contributed by atoms with van der Waals surface area (Å²) in [6, 6.07) is 5.74. The lowest BCUT2D eigenvalue weighted by atomic mass is 10.1. The molecule has 2 aromatic rings. The summed E-state index contributed by atoms with van der Waals surface area (Å²) in [7, 11) is 0. The quantitative estimate of drug-likeness (QED) is 0.795. The predicted molar refractivity (Wildman–Crippen MR) is 105 cm³/mol. The van der Waals surface area contributed by atoms with Crippen LogP contribution in [0.25, 0.3) is 0 Å². The molecule has 0 unspecified atom stereocenters. The van der Waals surface area contributed by atoms with Crippen LogP contribution < -0.4 is 10.6 Å². The second-order valence-electron chi connectivity index (χ2n) is 6.61. The lowest BCUT2D eigenvalue weighted by Crippen LogP contribution is -2.42. The molecule has 3 rings (SSSR count). The molecule has 0 aromatic carbocycles. The molecule has 148 valence electrons. The van der Waals surface area contributed by atoms with Crippen LogP contribution >= 0.6 is 0 Å². The molecule has 2 aromatic heterocycles. The van der Waals surface area contributed by atoms with Crippen molar-refractivity contribution < 1.29 is 14.3 Å². The van der Waals surface area contributed by atoms with Crippen LogP contribution in [0.5, 0.6) is 0 Å². The van der Waals surface area contributed by atoms with Crippen molar-refractivity contribution in [2.24, 2.45) is 0 Å². The number of likely N-dealkylation sites (tertiary alicyclic amines) is 1. The van der Waals surface area contributed by atoms with E-state index < -0.39 is 0 Å². The first-order valence-corrected chi connectivity index (χ1v) is 9.46. The number of amides is 2. The van der Waals surface area contributed by atoms with Crippen molar-refractivity contribution in [3.63, 3.8) is 0 Å². The zero-order chi connectivity index (χ0) is 19.8. The van der Waals surface area contributed by atoms with E-state index in [-0.39, 0.29) is 18.0 Å². The molecule has 0 aliphatic carbocycles. The van der Waals surface area contributed by atoms with Crippen molar-refractivity contribution in [1.82, 2.24) is 20.2 Å². The summed E-state index contributed by atoms with van der Waals surface area (Å²) < 4.78 is 5.04. The van der Waals surface area contributed by atoms with Gasteiger partial charge in [-0.3, -0.25) is 14.8 Å². The number of nitrogens with one attached hydrogen (secondary N) is 2. The minimum atomic E-state index is -0.254. The number of hydrogen-bond donors (Lipinski definition) is 2. The molecule has 1 aliphatic heterocycles. The molecule has 28 heavy (non-hydrogen) atoms. The third-order valence-corrected chi connectivity index (χ3v) is 4.59. The summed E-state index contributed by atoms with van der Waals surface area (Å²) in [5, 5.41) is 6.30. The van der Waals surface area contributed by atoms with E-state index in [1.54, 1.807) is 42.7 Å². The number of aromatic nitrogens is 2. The van der Waals surface area contributed by atoms with E-state index in [4.69, 9.17) is 4.74 Å². The Morgan fingerprint density at radius 3 is 2.64 bits per heavy atom. The minimum Gasteiger partial charge on any atom is -0.450 e. The molecule has 1 saturated heterocycles. The largest absolute Gasteiger partial charge is 0.450 e. The normalized spacial score (nSPS) is 14.4. The van der Waals surface area contributed by atoms with E-state index >= 15 is 0 Å². The zero-order valence-electron chi connectivity index (χ0n) is 15.9. The topological polar surface area (TPSA) is 96.5 Å². The van der Waals surface area contributed by atoms with Crippen LogP contribution in [0.15, 0.2) is 43.0 Å². The van der Waals surface area contributed by atoms with Gasteiger partial charge in [0.05, 0.1) is 17.9 Å².